The SMILES string of the molecule is COc1cc(NC(=O)C(Sc2ccc(NC(=O)/C(=C/c3ccsc3)NC(=O)c3ccccc3)cc2)c2ccccc2)cc(OC)c1. The molecule has 0 radical (unpaired) electrons. The van der Waals surface area contributed by atoms with E-state index < -0.39 is 11.2 Å². The third kappa shape index (κ3) is 8.65. The Bertz CT molecular complexity index is 1790. The largest absolute Gasteiger partial charge is 0.497 e. The fourth-order valence-corrected chi connectivity index (χ4v) is 6.05. The molecule has 232 valence electrons. The maximum Gasteiger partial charge on any atom is 0.272 e. The average Bonchev–Trinajstić information content (AvgIpc) is 3.61. The molecule has 4 aromatic carbocycles. The van der Waals surface area contributed by atoms with Crippen molar-refractivity contribution in [3.05, 3.63) is 142 Å². The van der Waals surface area contributed by atoms with Gasteiger partial charge in [0.05, 0.1) is 14.2 Å². The van der Waals surface area contributed by atoms with E-state index in [2.05, 4.69) is 16.0 Å². The van der Waals surface area contributed by atoms with E-state index in [4.69, 9.17) is 9.47 Å². The zero-order valence-electron chi connectivity index (χ0n) is 25.1. The third-order valence-corrected chi connectivity index (χ3v) is 8.68. The second-order valence-electron chi connectivity index (χ2n) is 9.91. The second-order valence-corrected chi connectivity index (χ2v) is 11.9. The molecule has 1 aromatic heterocycles. The number of rotatable bonds is 12. The predicted octanol–water partition coefficient (Wildman–Crippen LogP) is 7.65. The van der Waals surface area contributed by atoms with E-state index in [0.29, 0.717) is 28.4 Å². The van der Waals surface area contributed by atoms with Crippen molar-refractivity contribution in [3.8, 4) is 11.5 Å². The van der Waals surface area contributed by atoms with Gasteiger partial charge in [-0.15, -0.1) is 11.8 Å². The van der Waals surface area contributed by atoms with Crippen LogP contribution < -0.4 is 25.4 Å². The van der Waals surface area contributed by atoms with Crippen molar-refractivity contribution < 1.29 is 23.9 Å². The molecule has 46 heavy (non-hydrogen) atoms. The van der Waals surface area contributed by atoms with E-state index in [1.54, 1.807) is 74.9 Å². The molecule has 1 atom stereocenters. The van der Waals surface area contributed by atoms with E-state index in [0.717, 1.165) is 16.0 Å². The Morgan fingerprint density at radius 2 is 1.41 bits per heavy atom. The van der Waals surface area contributed by atoms with Crippen LogP contribution in [0.1, 0.15) is 26.7 Å². The number of anilines is 2. The molecule has 0 saturated heterocycles. The van der Waals surface area contributed by atoms with Crippen LogP contribution in [0.3, 0.4) is 0 Å². The third-order valence-electron chi connectivity index (χ3n) is 6.71. The number of benzene rings is 4. The summed E-state index contributed by atoms with van der Waals surface area (Å²) in [6.07, 6.45) is 1.64. The summed E-state index contributed by atoms with van der Waals surface area (Å²) in [5.74, 6) is 0.0438. The molecule has 0 aliphatic heterocycles. The van der Waals surface area contributed by atoms with E-state index >= 15 is 0 Å². The molecule has 1 heterocycles. The van der Waals surface area contributed by atoms with Crippen LogP contribution in [-0.4, -0.2) is 31.9 Å². The highest BCUT2D eigenvalue weighted by molar-refractivity contribution is 8.00. The number of nitrogens with one attached hydrogen (secondary N) is 3. The monoisotopic (exact) mass is 649 g/mol. The molecule has 3 N–H and O–H groups in total. The van der Waals surface area contributed by atoms with Crippen molar-refractivity contribution in [1.29, 1.82) is 0 Å². The Morgan fingerprint density at radius 3 is 2.02 bits per heavy atom. The molecule has 0 aliphatic carbocycles. The summed E-state index contributed by atoms with van der Waals surface area (Å²) in [5, 5.41) is 11.8. The molecule has 5 rings (SSSR count). The topological polar surface area (TPSA) is 106 Å². The minimum atomic E-state index is -0.577. The fourth-order valence-electron chi connectivity index (χ4n) is 4.41. The van der Waals surface area contributed by atoms with E-state index in [1.165, 1.54) is 23.1 Å². The molecule has 0 bridgehead atoms. The van der Waals surface area contributed by atoms with Gasteiger partial charge in [0.25, 0.3) is 11.8 Å². The summed E-state index contributed by atoms with van der Waals surface area (Å²) in [6, 6.07) is 32.4. The highest BCUT2D eigenvalue weighted by Crippen LogP contribution is 2.37. The van der Waals surface area contributed by atoms with E-state index in [9.17, 15) is 14.4 Å². The Balaban J connectivity index is 1.31. The Morgan fingerprint density at radius 1 is 0.761 bits per heavy atom. The van der Waals surface area contributed by atoms with Crippen LogP contribution >= 0.6 is 23.1 Å². The summed E-state index contributed by atoms with van der Waals surface area (Å²) in [7, 11) is 3.10. The molecule has 1 unspecified atom stereocenters. The smallest absolute Gasteiger partial charge is 0.272 e. The molecule has 0 fully saturated rings. The van der Waals surface area contributed by atoms with Gasteiger partial charge in [-0.2, -0.15) is 11.3 Å². The highest BCUT2D eigenvalue weighted by Gasteiger charge is 2.23. The first-order chi connectivity index (χ1) is 22.4. The van der Waals surface area contributed by atoms with Crippen LogP contribution in [0.5, 0.6) is 11.5 Å². The van der Waals surface area contributed by atoms with Crippen molar-refractivity contribution in [2.24, 2.45) is 0 Å². The quantitative estimate of drug-likeness (QED) is 0.0948. The maximum absolute atomic E-state index is 13.6. The Labute approximate surface area is 275 Å². The fraction of sp³-hybridized carbons (Fsp3) is 0.0833. The number of methoxy groups -OCH3 is 2. The first-order valence-electron chi connectivity index (χ1n) is 14.2. The molecular weight excluding hydrogens is 619 g/mol. The Kier molecular flexibility index (Phi) is 10.9. The normalized spacial score (nSPS) is 11.7. The number of carbonyl (C=O) groups excluding carboxylic acids is 3. The average molecular weight is 650 g/mol. The van der Waals surface area contributed by atoms with Crippen LogP contribution in [0, 0.1) is 0 Å². The lowest BCUT2D eigenvalue weighted by atomic mass is 10.1. The lowest BCUT2D eigenvalue weighted by molar-refractivity contribution is -0.116. The summed E-state index contributed by atoms with van der Waals surface area (Å²) in [5.41, 5.74) is 3.26. The van der Waals surface area contributed by atoms with Gasteiger partial charge in [0.2, 0.25) is 5.91 Å². The number of ether oxygens (including phenoxy) is 2. The highest BCUT2D eigenvalue weighted by atomic mass is 32.2. The molecule has 0 spiro atoms. The molecule has 0 saturated carbocycles. The number of thiophene rings is 1. The predicted molar refractivity (Wildman–Crippen MR) is 184 cm³/mol. The number of carbonyl (C=O) groups is 3. The van der Waals surface area contributed by atoms with Crippen LogP contribution in [0.2, 0.25) is 0 Å². The van der Waals surface area contributed by atoms with Crippen molar-refractivity contribution in [2.75, 3.05) is 24.9 Å². The van der Waals surface area contributed by atoms with E-state index in [1.807, 2.05) is 65.4 Å². The van der Waals surface area contributed by atoms with Crippen LogP contribution in [0.15, 0.2) is 131 Å². The molecule has 5 aromatic rings. The van der Waals surface area contributed by atoms with Gasteiger partial charge in [-0.05, 0) is 70.4 Å². The Hall–Kier alpha value is -5.32. The number of thioether (sulfide) groups is 1. The summed E-state index contributed by atoms with van der Waals surface area (Å²) >= 11 is 2.87. The van der Waals surface area contributed by atoms with Gasteiger partial charge in [0.15, 0.2) is 0 Å². The summed E-state index contributed by atoms with van der Waals surface area (Å²) in [6.45, 7) is 0. The minimum Gasteiger partial charge on any atom is -0.497 e. The molecule has 0 aliphatic rings. The minimum absolute atomic E-state index is 0.112. The maximum atomic E-state index is 13.6. The van der Waals surface area contributed by atoms with Crippen LogP contribution in [0.4, 0.5) is 11.4 Å². The molecule has 10 heteroatoms. The van der Waals surface area contributed by atoms with Crippen molar-refractivity contribution in [3.63, 3.8) is 0 Å². The van der Waals surface area contributed by atoms with Gasteiger partial charge in [-0.25, -0.2) is 0 Å². The zero-order chi connectivity index (χ0) is 32.3. The second kappa shape index (κ2) is 15.6. The van der Waals surface area contributed by atoms with Crippen LogP contribution in [-0.2, 0) is 9.59 Å². The summed E-state index contributed by atoms with van der Waals surface area (Å²) < 4.78 is 10.7. The van der Waals surface area contributed by atoms with Gasteiger partial charge in [0, 0.05) is 40.0 Å². The lowest BCUT2D eigenvalue weighted by Gasteiger charge is -2.18. The first-order valence-corrected chi connectivity index (χ1v) is 16.0. The molecular formula is C36H31N3O5S2. The zero-order valence-corrected chi connectivity index (χ0v) is 26.7. The van der Waals surface area contributed by atoms with Gasteiger partial charge < -0.3 is 25.4 Å². The van der Waals surface area contributed by atoms with Crippen molar-refractivity contribution in [1.82, 2.24) is 5.32 Å². The van der Waals surface area contributed by atoms with Gasteiger partial charge in [-0.1, -0.05) is 48.5 Å². The van der Waals surface area contributed by atoms with Crippen molar-refractivity contribution >= 4 is 58.3 Å². The van der Waals surface area contributed by atoms with Crippen LogP contribution in [0.25, 0.3) is 6.08 Å². The van der Waals surface area contributed by atoms with E-state index in [-0.39, 0.29) is 17.5 Å². The number of hydrogen-bond acceptors (Lipinski definition) is 7. The van der Waals surface area contributed by atoms with Gasteiger partial charge >= 0.3 is 0 Å². The standard InChI is InChI=1S/C36H31N3O5S2/c1-43-29-20-28(21-30(22-29)44-2)38-36(42)33(25-9-5-3-6-10-25)46-31-15-13-27(14-16-31)37-35(41)32(19-24-17-18-45-23-24)39-34(40)26-11-7-4-8-12-26/h3-23,33H,1-2H3,(H,37,41)(H,38,42)(H,39,40)/b32-19-. The first kappa shape index (κ1) is 32.1. The van der Waals surface area contributed by atoms with Gasteiger partial charge in [-0.3, -0.25) is 14.4 Å². The summed E-state index contributed by atoms with van der Waals surface area (Å²) in [4.78, 5) is 40.6. The van der Waals surface area contributed by atoms with Crippen molar-refractivity contribution in [2.45, 2.75) is 10.1 Å². The van der Waals surface area contributed by atoms with Gasteiger partial charge in [0.1, 0.15) is 22.4 Å². The lowest BCUT2D eigenvalue weighted by Crippen LogP contribution is -2.30. The molecule has 3 amide bonds. The number of hydrogen-bond donors (Lipinski definition) is 3. The molecule has 8 nitrogen and oxygen atoms in total. The number of amides is 3.